The van der Waals surface area contributed by atoms with Gasteiger partial charge in [-0.05, 0) is 30.9 Å². The van der Waals surface area contributed by atoms with Crippen molar-refractivity contribution in [2.24, 2.45) is 0 Å². The Labute approximate surface area is 73.4 Å². The molecule has 12 heavy (non-hydrogen) atoms. The lowest BCUT2D eigenvalue weighted by Crippen LogP contribution is -1.92. The highest BCUT2D eigenvalue weighted by Crippen LogP contribution is 2.13. The molecule has 0 bridgehead atoms. The first-order valence-corrected chi connectivity index (χ1v) is 4.49. The number of hydrogen-bond acceptors (Lipinski definition) is 0. The monoisotopic (exact) mass is 166 g/mol. The van der Waals surface area contributed by atoms with Crippen molar-refractivity contribution in [2.45, 2.75) is 33.1 Å². The zero-order valence-electron chi connectivity index (χ0n) is 7.73. The molecule has 0 fully saturated rings. The second-order valence-electron chi connectivity index (χ2n) is 3.15. The Morgan fingerprint density at radius 3 is 2.75 bits per heavy atom. The van der Waals surface area contributed by atoms with Gasteiger partial charge in [0.2, 0.25) is 0 Å². The van der Waals surface area contributed by atoms with Crippen molar-refractivity contribution in [2.75, 3.05) is 0 Å². The van der Waals surface area contributed by atoms with Crippen LogP contribution in [0.1, 0.15) is 30.9 Å². The van der Waals surface area contributed by atoms with Gasteiger partial charge in [-0.2, -0.15) is 0 Å². The summed E-state index contributed by atoms with van der Waals surface area (Å²) in [5.41, 5.74) is 1.61. The van der Waals surface area contributed by atoms with Crippen LogP contribution in [0.5, 0.6) is 0 Å². The van der Waals surface area contributed by atoms with E-state index in [-0.39, 0.29) is 5.82 Å². The van der Waals surface area contributed by atoms with Crippen LogP contribution in [-0.4, -0.2) is 0 Å². The topological polar surface area (TPSA) is 0 Å². The standard InChI is InChI=1S/C11H15F/c1-3-4-7-10-8-5-6-9(2)11(10)12/h5-6,8H,3-4,7H2,1-2H3. The lowest BCUT2D eigenvalue weighted by molar-refractivity contribution is 0.594. The van der Waals surface area contributed by atoms with Crippen molar-refractivity contribution in [3.63, 3.8) is 0 Å². The molecule has 0 aliphatic rings. The second-order valence-corrected chi connectivity index (χ2v) is 3.15. The van der Waals surface area contributed by atoms with Gasteiger partial charge in [-0.3, -0.25) is 0 Å². The van der Waals surface area contributed by atoms with E-state index in [0.717, 1.165) is 30.4 Å². The van der Waals surface area contributed by atoms with Gasteiger partial charge < -0.3 is 0 Å². The number of hydrogen-bond donors (Lipinski definition) is 0. The van der Waals surface area contributed by atoms with E-state index in [1.807, 2.05) is 25.1 Å². The largest absolute Gasteiger partial charge is 0.206 e. The number of benzene rings is 1. The maximum Gasteiger partial charge on any atom is 0.129 e. The molecule has 66 valence electrons. The fourth-order valence-corrected chi connectivity index (χ4v) is 1.27. The highest BCUT2D eigenvalue weighted by atomic mass is 19.1. The van der Waals surface area contributed by atoms with Crippen LogP contribution in [0.15, 0.2) is 18.2 Å². The summed E-state index contributed by atoms with van der Waals surface area (Å²) in [6.45, 7) is 3.93. The Bertz CT molecular complexity index is 253. The summed E-state index contributed by atoms with van der Waals surface area (Å²) in [5, 5.41) is 0. The molecular formula is C11H15F. The van der Waals surface area contributed by atoms with Gasteiger partial charge in [0, 0.05) is 0 Å². The Hall–Kier alpha value is -0.850. The molecule has 0 aliphatic carbocycles. The average Bonchev–Trinajstić information content (AvgIpc) is 2.08. The molecule has 0 heterocycles. The normalized spacial score (nSPS) is 10.2. The summed E-state index contributed by atoms with van der Waals surface area (Å²) < 4.78 is 13.3. The Morgan fingerprint density at radius 1 is 1.33 bits per heavy atom. The van der Waals surface area contributed by atoms with Gasteiger partial charge in [-0.1, -0.05) is 31.5 Å². The lowest BCUT2D eigenvalue weighted by atomic mass is 10.1. The van der Waals surface area contributed by atoms with E-state index < -0.39 is 0 Å². The van der Waals surface area contributed by atoms with Crippen LogP contribution in [0, 0.1) is 12.7 Å². The third-order valence-corrected chi connectivity index (χ3v) is 2.07. The number of rotatable bonds is 3. The van der Waals surface area contributed by atoms with E-state index in [1.54, 1.807) is 0 Å². The lowest BCUT2D eigenvalue weighted by Gasteiger charge is -2.03. The summed E-state index contributed by atoms with van der Waals surface area (Å²) >= 11 is 0. The number of halogens is 1. The zero-order chi connectivity index (χ0) is 8.97. The van der Waals surface area contributed by atoms with Crippen LogP contribution in [0.4, 0.5) is 4.39 Å². The Balaban J connectivity index is 2.78. The molecule has 0 radical (unpaired) electrons. The van der Waals surface area contributed by atoms with E-state index >= 15 is 0 Å². The van der Waals surface area contributed by atoms with Gasteiger partial charge in [0.05, 0.1) is 0 Å². The van der Waals surface area contributed by atoms with E-state index in [1.165, 1.54) is 0 Å². The average molecular weight is 166 g/mol. The highest BCUT2D eigenvalue weighted by Gasteiger charge is 2.02. The van der Waals surface area contributed by atoms with Gasteiger partial charge in [0.1, 0.15) is 5.82 Å². The summed E-state index contributed by atoms with van der Waals surface area (Å²) in [7, 11) is 0. The van der Waals surface area contributed by atoms with Gasteiger partial charge in [-0.25, -0.2) is 4.39 Å². The van der Waals surface area contributed by atoms with Crippen LogP contribution in [-0.2, 0) is 6.42 Å². The van der Waals surface area contributed by atoms with Crippen molar-refractivity contribution >= 4 is 0 Å². The summed E-state index contributed by atoms with van der Waals surface area (Å²) in [6, 6.07) is 5.60. The van der Waals surface area contributed by atoms with Crippen molar-refractivity contribution in [1.29, 1.82) is 0 Å². The summed E-state index contributed by atoms with van der Waals surface area (Å²) in [4.78, 5) is 0. The van der Waals surface area contributed by atoms with Gasteiger partial charge in [0.15, 0.2) is 0 Å². The van der Waals surface area contributed by atoms with Crippen LogP contribution >= 0.6 is 0 Å². The smallest absolute Gasteiger partial charge is 0.129 e. The first-order chi connectivity index (χ1) is 5.75. The van der Waals surface area contributed by atoms with Crippen LogP contribution in [0.25, 0.3) is 0 Å². The van der Waals surface area contributed by atoms with E-state index in [2.05, 4.69) is 6.92 Å². The van der Waals surface area contributed by atoms with E-state index in [0.29, 0.717) is 0 Å². The fourth-order valence-electron chi connectivity index (χ4n) is 1.27. The molecule has 1 aromatic rings. The predicted octanol–water partition coefficient (Wildman–Crippen LogP) is 3.48. The van der Waals surface area contributed by atoms with Crippen molar-refractivity contribution in [3.05, 3.63) is 35.1 Å². The maximum atomic E-state index is 13.3. The second kappa shape index (κ2) is 4.24. The predicted molar refractivity (Wildman–Crippen MR) is 49.7 cm³/mol. The molecule has 0 spiro atoms. The molecule has 0 saturated heterocycles. The fraction of sp³-hybridized carbons (Fsp3) is 0.455. The van der Waals surface area contributed by atoms with Gasteiger partial charge >= 0.3 is 0 Å². The first kappa shape index (κ1) is 9.24. The summed E-state index contributed by atoms with van der Waals surface area (Å²) in [5.74, 6) is -0.0223. The van der Waals surface area contributed by atoms with Crippen LogP contribution < -0.4 is 0 Å². The quantitative estimate of drug-likeness (QED) is 0.645. The first-order valence-electron chi connectivity index (χ1n) is 4.49. The third-order valence-electron chi connectivity index (χ3n) is 2.07. The van der Waals surface area contributed by atoms with E-state index in [4.69, 9.17) is 0 Å². The molecule has 0 N–H and O–H groups in total. The Kier molecular flexibility index (Phi) is 3.27. The molecule has 0 aromatic heterocycles. The minimum Gasteiger partial charge on any atom is -0.206 e. The van der Waals surface area contributed by atoms with Crippen molar-refractivity contribution < 1.29 is 4.39 Å². The SMILES string of the molecule is CCCCc1cccc(C)c1F. The van der Waals surface area contributed by atoms with Gasteiger partial charge in [-0.15, -0.1) is 0 Å². The Morgan fingerprint density at radius 2 is 2.08 bits per heavy atom. The summed E-state index contributed by atoms with van der Waals surface area (Å²) in [6.07, 6.45) is 3.05. The third kappa shape index (κ3) is 2.07. The minimum absolute atomic E-state index is 0.0223. The zero-order valence-corrected chi connectivity index (χ0v) is 7.73. The molecule has 0 unspecified atom stereocenters. The molecule has 0 nitrogen and oxygen atoms in total. The van der Waals surface area contributed by atoms with Crippen molar-refractivity contribution in [3.8, 4) is 0 Å². The molecule has 1 rings (SSSR count). The molecular weight excluding hydrogens is 151 g/mol. The highest BCUT2D eigenvalue weighted by molar-refractivity contribution is 5.24. The minimum atomic E-state index is -0.0223. The van der Waals surface area contributed by atoms with E-state index in [9.17, 15) is 4.39 Å². The number of aryl methyl sites for hydroxylation is 2. The molecule has 0 aliphatic heterocycles. The molecule has 0 amide bonds. The maximum absolute atomic E-state index is 13.3. The van der Waals surface area contributed by atoms with Crippen LogP contribution in [0.3, 0.4) is 0 Å². The van der Waals surface area contributed by atoms with Crippen molar-refractivity contribution in [1.82, 2.24) is 0 Å². The van der Waals surface area contributed by atoms with Crippen LogP contribution in [0.2, 0.25) is 0 Å². The molecule has 1 heteroatoms. The molecule has 0 saturated carbocycles. The number of unbranched alkanes of at least 4 members (excludes halogenated alkanes) is 1. The van der Waals surface area contributed by atoms with Gasteiger partial charge in [0.25, 0.3) is 0 Å². The molecule has 0 atom stereocenters. The molecule has 1 aromatic carbocycles.